The van der Waals surface area contributed by atoms with Crippen LogP contribution in [0, 0.1) is 0 Å². The summed E-state index contributed by atoms with van der Waals surface area (Å²) in [5.41, 5.74) is 3.31. The van der Waals surface area contributed by atoms with Gasteiger partial charge in [-0.05, 0) is 35.2 Å². The van der Waals surface area contributed by atoms with Crippen LogP contribution in [-0.4, -0.2) is 15.8 Å². The summed E-state index contributed by atoms with van der Waals surface area (Å²) >= 11 is 1.44. The van der Waals surface area contributed by atoms with Crippen molar-refractivity contribution in [1.29, 1.82) is 0 Å². The predicted octanol–water partition coefficient (Wildman–Crippen LogP) is 5.05. The molecular formula is C20H14N2OS. The first kappa shape index (κ1) is 14.6. The van der Waals surface area contributed by atoms with Gasteiger partial charge in [-0.25, -0.2) is 4.98 Å². The number of aromatic nitrogens is 2. The number of hydrogen-bond donors (Lipinski definition) is 1. The van der Waals surface area contributed by atoms with Gasteiger partial charge in [-0.15, -0.1) is 11.3 Å². The van der Waals surface area contributed by atoms with E-state index >= 15 is 0 Å². The smallest absolute Gasteiger partial charge is 0.206 e. The molecule has 0 aliphatic heterocycles. The molecule has 4 rings (SSSR count). The van der Waals surface area contributed by atoms with E-state index in [9.17, 15) is 4.79 Å². The van der Waals surface area contributed by atoms with Crippen LogP contribution < -0.4 is 0 Å². The number of imidazole rings is 1. The summed E-state index contributed by atoms with van der Waals surface area (Å²) in [6, 6.07) is 21.3. The lowest BCUT2D eigenvalue weighted by Crippen LogP contribution is -2.02. The molecule has 0 bridgehead atoms. The Morgan fingerprint density at radius 2 is 1.75 bits per heavy atom. The van der Waals surface area contributed by atoms with Crippen molar-refractivity contribution in [3.63, 3.8) is 0 Å². The van der Waals surface area contributed by atoms with Crippen molar-refractivity contribution >= 4 is 39.8 Å². The largest absolute Gasteiger partial charge is 0.338 e. The Balaban J connectivity index is 1.86. The van der Waals surface area contributed by atoms with Crippen LogP contribution in [0.4, 0.5) is 0 Å². The minimum absolute atomic E-state index is 0.0205. The average molecular weight is 330 g/mol. The molecule has 0 saturated carbocycles. The summed E-state index contributed by atoms with van der Waals surface area (Å²) in [5, 5.41) is 1.91. The summed E-state index contributed by atoms with van der Waals surface area (Å²) < 4.78 is 0. The molecule has 0 unspecified atom stereocenters. The third kappa shape index (κ3) is 2.79. The highest BCUT2D eigenvalue weighted by Gasteiger charge is 2.18. The van der Waals surface area contributed by atoms with Gasteiger partial charge in [-0.2, -0.15) is 0 Å². The Hall–Kier alpha value is -2.98. The molecule has 24 heavy (non-hydrogen) atoms. The highest BCUT2D eigenvalue weighted by atomic mass is 32.1. The third-order valence-corrected chi connectivity index (χ3v) is 4.61. The molecular weight excluding hydrogens is 316 g/mol. The maximum Gasteiger partial charge on any atom is 0.206 e. The molecule has 0 radical (unpaired) electrons. The standard InChI is InChI=1S/C20H14N2OS/c23-19(18-11-6-12-24-18)15(13-14-7-2-1-3-8-14)20-21-16-9-4-5-10-17(16)22-20/h1-13H,(H,21,22). The van der Waals surface area contributed by atoms with E-state index in [-0.39, 0.29) is 5.78 Å². The SMILES string of the molecule is O=C(C(=Cc1ccccc1)c1nc2ccccc2[nH]1)c1cccs1. The van der Waals surface area contributed by atoms with Gasteiger partial charge in [-0.3, -0.25) is 4.79 Å². The molecule has 4 aromatic rings. The van der Waals surface area contributed by atoms with Crippen LogP contribution in [0.5, 0.6) is 0 Å². The Kier molecular flexibility index (Phi) is 3.81. The summed E-state index contributed by atoms with van der Waals surface area (Å²) in [6.45, 7) is 0. The molecule has 2 heterocycles. The molecule has 1 N–H and O–H groups in total. The van der Waals surface area contributed by atoms with Gasteiger partial charge in [0.05, 0.1) is 21.5 Å². The number of aromatic amines is 1. The second-order valence-electron chi connectivity index (χ2n) is 5.38. The van der Waals surface area contributed by atoms with Crippen LogP contribution in [0.25, 0.3) is 22.7 Å². The van der Waals surface area contributed by atoms with Crippen molar-refractivity contribution in [2.75, 3.05) is 0 Å². The number of benzene rings is 2. The van der Waals surface area contributed by atoms with Crippen molar-refractivity contribution < 1.29 is 4.79 Å². The normalized spacial score (nSPS) is 11.8. The first-order chi connectivity index (χ1) is 11.8. The van der Waals surface area contributed by atoms with E-state index < -0.39 is 0 Å². The number of nitrogens with one attached hydrogen (secondary N) is 1. The molecule has 4 heteroatoms. The lowest BCUT2D eigenvalue weighted by molar-refractivity contribution is 0.106. The van der Waals surface area contributed by atoms with E-state index in [2.05, 4.69) is 9.97 Å². The number of nitrogens with zero attached hydrogens (tertiary/aromatic N) is 1. The predicted molar refractivity (Wildman–Crippen MR) is 99.1 cm³/mol. The van der Waals surface area contributed by atoms with Crippen LogP contribution in [0.15, 0.2) is 72.1 Å². The van der Waals surface area contributed by atoms with E-state index in [0.29, 0.717) is 16.3 Å². The van der Waals surface area contributed by atoms with E-state index in [1.807, 2.05) is 78.2 Å². The van der Waals surface area contributed by atoms with Gasteiger partial charge in [0.15, 0.2) is 0 Å². The van der Waals surface area contributed by atoms with Crippen molar-refractivity contribution in [1.82, 2.24) is 9.97 Å². The Morgan fingerprint density at radius 3 is 2.50 bits per heavy atom. The zero-order chi connectivity index (χ0) is 16.4. The van der Waals surface area contributed by atoms with Gasteiger partial charge in [0.2, 0.25) is 5.78 Å². The van der Waals surface area contributed by atoms with Gasteiger partial charge in [0, 0.05) is 0 Å². The van der Waals surface area contributed by atoms with E-state index in [1.165, 1.54) is 11.3 Å². The third-order valence-electron chi connectivity index (χ3n) is 3.74. The highest BCUT2D eigenvalue weighted by molar-refractivity contribution is 7.12. The molecule has 0 amide bonds. The van der Waals surface area contributed by atoms with Crippen molar-refractivity contribution in [3.8, 4) is 0 Å². The number of carbonyl (C=O) groups excluding carboxylic acids is 1. The van der Waals surface area contributed by atoms with Crippen molar-refractivity contribution in [3.05, 3.63) is 88.4 Å². The van der Waals surface area contributed by atoms with Gasteiger partial charge < -0.3 is 4.98 Å². The number of hydrogen-bond acceptors (Lipinski definition) is 3. The molecule has 2 aromatic carbocycles. The number of H-pyrrole nitrogens is 1. The number of Topliss-reactive ketones (excluding diaryl/α,β-unsaturated/α-hetero) is 1. The fourth-order valence-corrected chi connectivity index (χ4v) is 3.26. The zero-order valence-corrected chi connectivity index (χ0v) is 13.6. The van der Waals surface area contributed by atoms with Crippen LogP contribution in [0.1, 0.15) is 21.1 Å². The Labute approximate surface area is 143 Å². The topological polar surface area (TPSA) is 45.8 Å². The van der Waals surface area contributed by atoms with E-state index in [0.717, 1.165) is 16.6 Å². The first-order valence-electron chi connectivity index (χ1n) is 7.61. The minimum Gasteiger partial charge on any atom is -0.338 e. The minimum atomic E-state index is -0.0205. The molecule has 116 valence electrons. The second-order valence-corrected chi connectivity index (χ2v) is 6.33. The summed E-state index contributed by atoms with van der Waals surface area (Å²) in [6.07, 6.45) is 1.89. The first-order valence-corrected chi connectivity index (χ1v) is 8.49. The quantitative estimate of drug-likeness (QED) is 0.420. The zero-order valence-electron chi connectivity index (χ0n) is 12.8. The molecule has 0 aliphatic rings. The van der Waals surface area contributed by atoms with Gasteiger partial charge in [0.1, 0.15) is 5.82 Å². The van der Waals surface area contributed by atoms with Crippen molar-refractivity contribution in [2.24, 2.45) is 0 Å². The summed E-state index contributed by atoms with van der Waals surface area (Å²) in [5.74, 6) is 0.575. The molecule has 0 fully saturated rings. The maximum atomic E-state index is 13.0. The summed E-state index contributed by atoms with van der Waals surface area (Å²) in [4.78, 5) is 21.5. The number of ketones is 1. The average Bonchev–Trinajstić information content (AvgIpc) is 3.29. The number of allylic oxidation sites excluding steroid dienone is 1. The van der Waals surface area contributed by atoms with Crippen LogP contribution in [0.2, 0.25) is 0 Å². The van der Waals surface area contributed by atoms with Crippen LogP contribution in [-0.2, 0) is 0 Å². The van der Waals surface area contributed by atoms with Gasteiger partial charge in [-0.1, -0.05) is 48.5 Å². The molecule has 2 aromatic heterocycles. The second kappa shape index (κ2) is 6.26. The summed E-state index contributed by atoms with van der Waals surface area (Å²) in [7, 11) is 0. The number of rotatable bonds is 4. The van der Waals surface area contributed by atoms with Crippen molar-refractivity contribution in [2.45, 2.75) is 0 Å². The molecule has 0 saturated heterocycles. The molecule has 0 aliphatic carbocycles. The fourth-order valence-electron chi connectivity index (χ4n) is 2.58. The maximum absolute atomic E-state index is 13.0. The van der Waals surface area contributed by atoms with Gasteiger partial charge in [0.25, 0.3) is 0 Å². The number of thiophene rings is 1. The number of carbonyl (C=O) groups is 1. The molecule has 0 atom stereocenters. The molecule has 0 spiro atoms. The highest BCUT2D eigenvalue weighted by Crippen LogP contribution is 2.25. The Bertz CT molecular complexity index is 981. The number of fused-ring (bicyclic) bond motifs is 1. The fraction of sp³-hybridized carbons (Fsp3) is 0. The van der Waals surface area contributed by atoms with Crippen LogP contribution >= 0.6 is 11.3 Å². The number of para-hydroxylation sites is 2. The van der Waals surface area contributed by atoms with Gasteiger partial charge >= 0.3 is 0 Å². The lowest BCUT2D eigenvalue weighted by Gasteiger charge is -2.03. The van der Waals surface area contributed by atoms with Crippen LogP contribution in [0.3, 0.4) is 0 Å². The van der Waals surface area contributed by atoms with E-state index in [4.69, 9.17) is 0 Å². The molecule has 3 nitrogen and oxygen atoms in total. The Morgan fingerprint density at radius 1 is 0.958 bits per heavy atom. The monoisotopic (exact) mass is 330 g/mol. The van der Waals surface area contributed by atoms with E-state index in [1.54, 1.807) is 0 Å². The lowest BCUT2D eigenvalue weighted by atomic mass is 10.1.